The van der Waals surface area contributed by atoms with E-state index in [9.17, 15) is 24.6 Å². The SMILES string of the molecule is CC(C)(C)OC(=O)NC(CO)C(=O)N(CCO)C(C(=O)NC1CCCCC1)c1ccccc1. The van der Waals surface area contributed by atoms with Gasteiger partial charge in [-0.1, -0.05) is 49.6 Å². The van der Waals surface area contributed by atoms with E-state index in [-0.39, 0.29) is 18.5 Å². The highest BCUT2D eigenvalue weighted by molar-refractivity contribution is 5.92. The van der Waals surface area contributed by atoms with Gasteiger partial charge in [-0.15, -0.1) is 0 Å². The number of aliphatic hydroxyl groups excluding tert-OH is 2. The highest BCUT2D eigenvalue weighted by atomic mass is 16.6. The molecular weight excluding hydrogens is 426 g/mol. The Morgan fingerprint density at radius 2 is 1.73 bits per heavy atom. The van der Waals surface area contributed by atoms with Gasteiger partial charge in [0.05, 0.1) is 13.2 Å². The van der Waals surface area contributed by atoms with Gasteiger partial charge in [0.2, 0.25) is 11.8 Å². The van der Waals surface area contributed by atoms with Crippen molar-refractivity contribution in [1.29, 1.82) is 0 Å². The molecule has 2 unspecified atom stereocenters. The predicted octanol–water partition coefficient (Wildman–Crippen LogP) is 1.88. The van der Waals surface area contributed by atoms with Crippen LogP contribution in [0.15, 0.2) is 30.3 Å². The summed E-state index contributed by atoms with van der Waals surface area (Å²) < 4.78 is 5.19. The van der Waals surface area contributed by atoms with Crippen molar-refractivity contribution in [3.63, 3.8) is 0 Å². The lowest BCUT2D eigenvalue weighted by molar-refractivity contribution is -0.144. The number of rotatable bonds is 9. The molecule has 184 valence electrons. The normalized spacial score (nSPS) is 16.4. The summed E-state index contributed by atoms with van der Waals surface area (Å²) in [6.07, 6.45) is 4.10. The molecular formula is C24H37N3O6. The number of benzene rings is 1. The van der Waals surface area contributed by atoms with E-state index in [1.807, 2.05) is 0 Å². The molecule has 9 heteroatoms. The molecule has 0 aromatic heterocycles. The fraction of sp³-hybridized carbons (Fsp3) is 0.625. The smallest absolute Gasteiger partial charge is 0.408 e. The number of amides is 3. The summed E-state index contributed by atoms with van der Waals surface area (Å²) in [5.74, 6) is -1.05. The Morgan fingerprint density at radius 3 is 2.27 bits per heavy atom. The Morgan fingerprint density at radius 1 is 1.09 bits per heavy atom. The molecule has 1 aromatic rings. The summed E-state index contributed by atoms with van der Waals surface area (Å²) in [5, 5.41) is 24.9. The summed E-state index contributed by atoms with van der Waals surface area (Å²) in [7, 11) is 0. The summed E-state index contributed by atoms with van der Waals surface area (Å²) in [4.78, 5) is 40.2. The first-order valence-corrected chi connectivity index (χ1v) is 11.5. The van der Waals surface area contributed by atoms with Gasteiger partial charge in [0.15, 0.2) is 0 Å². The standard InChI is InChI=1S/C24H37N3O6/c1-24(2,3)33-23(32)26-19(16-29)22(31)27(14-15-28)20(17-10-6-4-7-11-17)21(30)25-18-12-8-5-9-13-18/h4,6-7,10-11,18-20,28-29H,5,8-9,12-16H2,1-3H3,(H,25,30)(H,26,32). The van der Waals surface area contributed by atoms with E-state index in [0.29, 0.717) is 5.56 Å². The molecule has 1 fully saturated rings. The molecule has 0 spiro atoms. The second-order valence-electron chi connectivity index (χ2n) is 9.29. The molecule has 0 radical (unpaired) electrons. The first-order chi connectivity index (χ1) is 15.7. The van der Waals surface area contributed by atoms with Crippen LogP contribution in [0.4, 0.5) is 4.79 Å². The van der Waals surface area contributed by atoms with Crippen molar-refractivity contribution in [2.24, 2.45) is 0 Å². The first kappa shape index (κ1) is 26.6. The summed E-state index contributed by atoms with van der Waals surface area (Å²) in [6.45, 7) is 3.81. The minimum absolute atomic E-state index is 0.0251. The van der Waals surface area contributed by atoms with Gasteiger partial charge < -0.3 is 30.5 Å². The number of hydrogen-bond donors (Lipinski definition) is 4. The highest BCUT2D eigenvalue weighted by Gasteiger charge is 2.36. The molecule has 1 aliphatic rings. The van der Waals surface area contributed by atoms with Crippen LogP contribution in [-0.2, 0) is 14.3 Å². The molecule has 0 aliphatic heterocycles. The molecule has 4 N–H and O–H groups in total. The summed E-state index contributed by atoms with van der Waals surface area (Å²) >= 11 is 0. The van der Waals surface area contributed by atoms with Crippen LogP contribution in [0.2, 0.25) is 0 Å². The fourth-order valence-electron chi connectivity index (χ4n) is 3.94. The van der Waals surface area contributed by atoms with Crippen molar-refractivity contribution in [2.45, 2.75) is 76.6 Å². The Kier molecular flexibility index (Phi) is 10.1. The zero-order valence-corrected chi connectivity index (χ0v) is 19.8. The van der Waals surface area contributed by atoms with Crippen LogP contribution < -0.4 is 10.6 Å². The quantitative estimate of drug-likeness (QED) is 0.443. The van der Waals surface area contributed by atoms with Crippen LogP contribution in [0.1, 0.15) is 64.5 Å². The molecule has 1 aromatic carbocycles. The van der Waals surface area contributed by atoms with Crippen LogP contribution in [0.25, 0.3) is 0 Å². The fourth-order valence-corrected chi connectivity index (χ4v) is 3.94. The maximum Gasteiger partial charge on any atom is 0.408 e. The lowest BCUT2D eigenvalue weighted by Crippen LogP contribution is -2.55. The average molecular weight is 464 g/mol. The molecule has 0 saturated heterocycles. The van der Waals surface area contributed by atoms with Crippen LogP contribution in [-0.4, -0.2) is 70.5 Å². The van der Waals surface area contributed by atoms with Crippen molar-refractivity contribution >= 4 is 17.9 Å². The third kappa shape index (κ3) is 8.33. The summed E-state index contributed by atoms with van der Waals surface area (Å²) in [6, 6.07) is 6.47. The van der Waals surface area contributed by atoms with Crippen LogP contribution >= 0.6 is 0 Å². The van der Waals surface area contributed by atoms with E-state index in [1.54, 1.807) is 51.1 Å². The van der Waals surface area contributed by atoms with Gasteiger partial charge in [-0.2, -0.15) is 0 Å². The van der Waals surface area contributed by atoms with Crippen molar-refractivity contribution in [2.75, 3.05) is 19.8 Å². The molecule has 1 saturated carbocycles. The first-order valence-electron chi connectivity index (χ1n) is 11.5. The van der Waals surface area contributed by atoms with Gasteiger partial charge in [0, 0.05) is 12.6 Å². The van der Waals surface area contributed by atoms with Gasteiger partial charge >= 0.3 is 6.09 Å². The third-order valence-electron chi connectivity index (χ3n) is 5.42. The topological polar surface area (TPSA) is 128 Å². The Hall–Kier alpha value is -2.65. The van der Waals surface area contributed by atoms with E-state index < -0.39 is 42.9 Å². The third-order valence-corrected chi connectivity index (χ3v) is 5.42. The lowest BCUT2D eigenvalue weighted by atomic mass is 9.94. The van der Waals surface area contributed by atoms with Gasteiger partial charge in [-0.05, 0) is 39.2 Å². The number of nitrogens with zero attached hydrogens (tertiary/aromatic N) is 1. The minimum atomic E-state index is -1.33. The van der Waals surface area contributed by atoms with Crippen LogP contribution in [0.5, 0.6) is 0 Å². The van der Waals surface area contributed by atoms with Crippen molar-refractivity contribution in [3.05, 3.63) is 35.9 Å². The Balaban J connectivity index is 2.29. The zero-order chi connectivity index (χ0) is 24.4. The van der Waals surface area contributed by atoms with E-state index in [0.717, 1.165) is 32.1 Å². The molecule has 0 bridgehead atoms. The number of nitrogens with one attached hydrogen (secondary N) is 2. The minimum Gasteiger partial charge on any atom is -0.444 e. The van der Waals surface area contributed by atoms with E-state index in [1.165, 1.54) is 4.90 Å². The zero-order valence-electron chi connectivity index (χ0n) is 19.8. The predicted molar refractivity (Wildman–Crippen MR) is 123 cm³/mol. The average Bonchev–Trinajstić information content (AvgIpc) is 2.77. The molecule has 33 heavy (non-hydrogen) atoms. The van der Waals surface area contributed by atoms with E-state index >= 15 is 0 Å². The van der Waals surface area contributed by atoms with Crippen LogP contribution in [0.3, 0.4) is 0 Å². The molecule has 3 amide bonds. The number of hydrogen-bond acceptors (Lipinski definition) is 6. The largest absolute Gasteiger partial charge is 0.444 e. The summed E-state index contributed by atoms with van der Waals surface area (Å²) in [5.41, 5.74) is -0.216. The van der Waals surface area contributed by atoms with Crippen molar-refractivity contribution in [1.82, 2.24) is 15.5 Å². The number of carbonyl (C=O) groups excluding carboxylic acids is 3. The molecule has 2 rings (SSSR count). The number of alkyl carbamates (subject to hydrolysis) is 1. The monoisotopic (exact) mass is 463 g/mol. The van der Waals surface area contributed by atoms with Crippen molar-refractivity contribution < 1.29 is 29.3 Å². The van der Waals surface area contributed by atoms with Crippen LogP contribution in [0, 0.1) is 0 Å². The maximum atomic E-state index is 13.4. The molecule has 1 aliphatic carbocycles. The Bertz CT molecular complexity index is 774. The van der Waals surface area contributed by atoms with Gasteiger partial charge in [0.25, 0.3) is 0 Å². The lowest BCUT2D eigenvalue weighted by Gasteiger charge is -2.35. The molecule has 9 nitrogen and oxygen atoms in total. The maximum absolute atomic E-state index is 13.4. The van der Waals surface area contributed by atoms with E-state index in [2.05, 4.69) is 10.6 Å². The number of carbonyl (C=O) groups is 3. The Labute approximate surface area is 195 Å². The van der Waals surface area contributed by atoms with E-state index in [4.69, 9.17) is 4.74 Å². The number of ether oxygens (including phenoxy) is 1. The van der Waals surface area contributed by atoms with Gasteiger partial charge in [-0.3, -0.25) is 9.59 Å². The van der Waals surface area contributed by atoms with Gasteiger partial charge in [0.1, 0.15) is 17.7 Å². The van der Waals surface area contributed by atoms with Crippen molar-refractivity contribution in [3.8, 4) is 0 Å². The molecule has 0 heterocycles. The highest BCUT2D eigenvalue weighted by Crippen LogP contribution is 2.24. The molecule has 2 atom stereocenters. The second kappa shape index (κ2) is 12.6. The van der Waals surface area contributed by atoms with Gasteiger partial charge in [-0.25, -0.2) is 4.79 Å². The number of aliphatic hydroxyl groups is 2. The second-order valence-corrected chi connectivity index (χ2v) is 9.29.